The summed E-state index contributed by atoms with van der Waals surface area (Å²) in [6, 6.07) is 42.1. The highest BCUT2D eigenvalue weighted by molar-refractivity contribution is 6.12. The Balaban J connectivity index is 1.43. The largest absolute Gasteiger partial charge is 0.278 e. The Kier molecular flexibility index (Phi) is 5.58. The van der Waals surface area contributed by atoms with Crippen molar-refractivity contribution in [3.8, 4) is 39.6 Å². The molecule has 0 spiro atoms. The molecule has 7 heteroatoms. The van der Waals surface area contributed by atoms with Crippen molar-refractivity contribution in [2.24, 2.45) is 0 Å². The van der Waals surface area contributed by atoms with Gasteiger partial charge in [0.25, 0.3) is 0 Å². The molecule has 4 heterocycles. The van der Waals surface area contributed by atoms with Crippen molar-refractivity contribution in [1.82, 2.24) is 29.1 Å². The molecule has 0 aliphatic rings. The fourth-order valence-electron chi connectivity index (χ4n) is 6.49. The predicted molar refractivity (Wildman–Crippen MR) is 177 cm³/mol. The highest BCUT2D eigenvalue weighted by Gasteiger charge is 2.23. The molecule has 0 aliphatic carbocycles. The fraction of sp³-hybridized carbons (Fsp3) is 0. The maximum Gasteiger partial charge on any atom is 0.237 e. The van der Waals surface area contributed by atoms with Crippen molar-refractivity contribution in [1.29, 1.82) is 0 Å². The molecule has 212 valence electrons. The summed E-state index contributed by atoms with van der Waals surface area (Å²) in [5.74, 6) is 0.251. The molecule has 9 aromatic rings. The minimum absolute atomic E-state index is 0.290. The first-order valence-electron chi connectivity index (χ1n) is 14.7. The van der Waals surface area contributed by atoms with Gasteiger partial charge in [-0.3, -0.25) is 4.57 Å². The monoisotopic (exact) mass is 582 g/mol. The predicted octanol–water partition coefficient (Wildman–Crippen LogP) is 8.91. The van der Waals surface area contributed by atoms with E-state index in [2.05, 4.69) is 80.2 Å². The smallest absolute Gasteiger partial charge is 0.237 e. The Hall–Kier alpha value is -6.21. The average molecular weight is 583 g/mol. The molecule has 0 aliphatic heterocycles. The second-order valence-corrected chi connectivity index (χ2v) is 11.0. The molecule has 0 N–H and O–H groups in total. The van der Waals surface area contributed by atoms with Gasteiger partial charge in [0.2, 0.25) is 5.95 Å². The lowest BCUT2D eigenvalue weighted by Gasteiger charge is -2.11. The van der Waals surface area contributed by atoms with Gasteiger partial charge < -0.3 is 0 Å². The molecule has 0 unspecified atom stereocenters. The van der Waals surface area contributed by atoms with Crippen molar-refractivity contribution in [3.63, 3.8) is 0 Å². The molecule has 9 rings (SSSR count). The standard InChI is InChI=1S/C38H23FN6/c39-28-17-15-26-19-33(24-9-3-1-4-10-24)45-37(31(26)21-28)35(25-11-5-2-6-12-25)36(43-45)27-16-18-30-29-13-7-8-14-32(29)44(34(30)20-27)38-41-22-40-23-42-38/h1-23H. The van der Waals surface area contributed by atoms with Crippen LogP contribution in [0.2, 0.25) is 0 Å². The molecular weight excluding hydrogens is 559 g/mol. The van der Waals surface area contributed by atoms with Crippen LogP contribution in [-0.4, -0.2) is 29.1 Å². The molecule has 0 radical (unpaired) electrons. The molecule has 45 heavy (non-hydrogen) atoms. The number of pyridine rings is 1. The first-order valence-corrected chi connectivity index (χ1v) is 14.7. The van der Waals surface area contributed by atoms with Gasteiger partial charge >= 0.3 is 0 Å². The van der Waals surface area contributed by atoms with E-state index < -0.39 is 0 Å². The zero-order valence-corrected chi connectivity index (χ0v) is 23.8. The number of halogens is 1. The zero-order chi connectivity index (χ0) is 29.9. The molecule has 0 atom stereocenters. The minimum Gasteiger partial charge on any atom is -0.278 e. The summed E-state index contributed by atoms with van der Waals surface area (Å²) < 4.78 is 18.9. The van der Waals surface area contributed by atoms with Crippen molar-refractivity contribution in [2.75, 3.05) is 0 Å². The van der Waals surface area contributed by atoms with E-state index in [0.717, 1.165) is 71.7 Å². The van der Waals surface area contributed by atoms with Crippen molar-refractivity contribution < 1.29 is 4.39 Å². The number of nitrogens with zero attached hydrogens (tertiary/aromatic N) is 6. The van der Waals surface area contributed by atoms with Crippen LogP contribution in [0.15, 0.2) is 140 Å². The molecule has 0 amide bonds. The molecule has 0 bridgehead atoms. The van der Waals surface area contributed by atoms with Gasteiger partial charge in [-0.05, 0) is 41.3 Å². The minimum atomic E-state index is -0.290. The van der Waals surface area contributed by atoms with Crippen LogP contribution < -0.4 is 0 Å². The number of para-hydroxylation sites is 1. The summed E-state index contributed by atoms with van der Waals surface area (Å²) in [5, 5.41) is 9.25. The summed E-state index contributed by atoms with van der Waals surface area (Å²) >= 11 is 0. The van der Waals surface area contributed by atoms with Crippen LogP contribution in [0.1, 0.15) is 0 Å². The normalized spacial score (nSPS) is 11.7. The SMILES string of the molecule is Fc1ccc2cc(-c3ccccc3)n3nc(-c4ccc5c6ccccc6n(-c6ncncn6)c5c4)c(-c4ccccc4)c3c2c1. The van der Waals surface area contributed by atoms with E-state index in [1.54, 1.807) is 6.07 Å². The van der Waals surface area contributed by atoms with E-state index in [1.165, 1.54) is 18.7 Å². The van der Waals surface area contributed by atoms with E-state index in [-0.39, 0.29) is 5.82 Å². The Morgan fingerprint density at radius 3 is 2.07 bits per heavy atom. The summed E-state index contributed by atoms with van der Waals surface area (Å²) in [6.45, 7) is 0. The number of hydrogen-bond acceptors (Lipinski definition) is 4. The Morgan fingerprint density at radius 2 is 1.27 bits per heavy atom. The number of rotatable bonds is 4. The van der Waals surface area contributed by atoms with Gasteiger partial charge in [-0.15, -0.1) is 0 Å². The third-order valence-electron chi connectivity index (χ3n) is 8.44. The van der Waals surface area contributed by atoms with E-state index in [4.69, 9.17) is 5.10 Å². The van der Waals surface area contributed by atoms with Crippen molar-refractivity contribution in [3.05, 3.63) is 146 Å². The topological polar surface area (TPSA) is 60.9 Å². The van der Waals surface area contributed by atoms with Gasteiger partial charge in [0.05, 0.1) is 22.2 Å². The van der Waals surface area contributed by atoms with Crippen molar-refractivity contribution >= 4 is 38.1 Å². The number of hydrogen-bond donors (Lipinski definition) is 0. The number of aromatic nitrogens is 6. The first kappa shape index (κ1) is 25.3. The second kappa shape index (κ2) is 9.92. The molecule has 4 aromatic heterocycles. The van der Waals surface area contributed by atoms with Gasteiger partial charge in [-0.2, -0.15) is 5.10 Å². The highest BCUT2D eigenvalue weighted by Crippen LogP contribution is 2.42. The summed E-state index contributed by atoms with van der Waals surface area (Å²) in [5.41, 5.74) is 8.40. The lowest BCUT2D eigenvalue weighted by Crippen LogP contribution is -2.00. The van der Waals surface area contributed by atoms with Crippen LogP contribution in [0.25, 0.3) is 77.7 Å². The number of benzene rings is 5. The lowest BCUT2D eigenvalue weighted by atomic mass is 9.96. The average Bonchev–Trinajstić information content (AvgIpc) is 3.66. The van der Waals surface area contributed by atoms with Crippen LogP contribution in [0.4, 0.5) is 4.39 Å². The van der Waals surface area contributed by atoms with Gasteiger partial charge in [-0.1, -0.05) is 97.1 Å². The Labute approximate surface area is 256 Å². The van der Waals surface area contributed by atoms with Crippen LogP contribution >= 0.6 is 0 Å². The molecule has 5 aromatic carbocycles. The van der Waals surface area contributed by atoms with Gasteiger partial charge in [0, 0.05) is 32.8 Å². The molecule has 0 saturated heterocycles. The van der Waals surface area contributed by atoms with E-state index >= 15 is 0 Å². The van der Waals surface area contributed by atoms with Crippen molar-refractivity contribution in [2.45, 2.75) is 0 Å². The number of fused-ring (bicyclic) bond motifs is 6. The molecule has 6 nitrogen and oxygen atoms in total. The summed E-state index contributed by atoms with van der Waals surface area (Å²) in [4.78, 5) is 13.0. The Morgan fingerprint density at radius 1 is 0.556 bits per heavy atom. The molecule has 0 saturated carbocycles. The maximum atomic E-state index is 14.9. The van der Waals surface area contributed by atoms with E-state index in [1.807, 2.05) is 59.1 Å². The van der Waals surface area contributed by atoms with Crippen LogP contribution in [-0.2, 0) is 0 Å². The van der Waals surface area contributed by atoms with E-state index in [9.17, 15) is 4.39 Å². The van der Waals surface area contributed by atoms with Gasteiger partial charge in [0.15, 0.2) is 0 Å². The fourth-order valence-corrected chi connectivity index (χ4v) is 6.49. The zero-order valence-electron chi connectivity index (χ0n) is 23.8. The van der Waals surface area contributed by atoms with Gasteiger partial charge in [0.1, 0.15) is 24.2 Å². The van der Waals surface area contributed by atoms with Crippen LogP contribution in [0, 0.1) is 5.82 Å². The highest BCUT2D eigenvalue weighted by atomic mass is 19.1. The maximum absolute atomic E-state index is 14.9. The molecular formula is C38H23FN6. The van der Waals surface area contributed by atoms with Gasteiger partial charge in [-0.25, -0.2) is 23.9 Å². The van der Waals surface area contributed by atoms with Crippen LogP contribution in [0.5, 0.6) is 0 Å². The summed E-state index contributed by atoms with van der Waals surface area (Å²) in [6.07, 6.45) is 3.02. The third-order valence-corrected chi connectivity index (χ3v) is 8.44. The second-order valence-electron chi connectivity index (χ2n) is 11.0. The Bertz CT molecular complexity index is 2540. The van der Waals surface area contributed by atoms with E-state index in [0.29, 0.717) is 5.95 Å². The lowest BCUT2D eigenvalue weighted by molar-refractivity contribution is 0.630. The quantitative estimate of drug-likeness (QED) is 0.208. The first-order chi connectivity index (χ1) is 22.2. The van der Waals surface area contributed by atoms with Crippen LogP contribution in [0.3, 0.4) is 0 Å². The summed E-state index contributed by atoms with van der Waals surface area (Å²) in [7, 11) is 0. The third kappa shape index (κ3) is 3.94. The molecule has 0 fully saturated rings.